The van der Waals surface area contributed by atoms with Gasteiger partial charge in [0.25, 0.3) is 5.91 Å². The first-order chi connectivity index (χ1) is 15.3. The second-order valence-electron chi connectivity index (χ2n) is 8.33. The van der Waals surface area contributed by atoms with Gasteiger partial charge in [0.1, 0.15) is 0 Å². The van der Waals surface area contributed by atoms with Crippen LogP contribution in [0.25, 0.3) is 0 Å². The summed E-state index contributed by atoms with van der Waals surface area (Å²) in [4.78, 5) is 13.0. The van der Waals surface area contributed by atoms with Gasteiger partial charge in [-0.15, -0.1) is 0 Å². The molecule has 1 saturated heterocycles. The topological polar surface area (TPSA) is 113 Å². The van der Waals surface area contributed by atoms with Crippen molar-refractivity contribution in [3.05, 3.63) is 53.6 Å². The lowest BCUT2D eigenvalue weighted by Gasteiger charge is -2.34. The van der Waals surface area contributed by atoms with Crippen LogP contribution in [0.15, 0.2) is 52.3 Å². The number of nitrogens with one attached hydrogen (secondary N) is 1. The van der Waals surface area contributed by atoms with E-state index < -0.39 is 26.0 Å². The van der Waals surface area contributed by atoms with Gasteiger partial charge >= 0.3 is 0 Å². The minimum Gasteiger partial charge on any atom is -0.373 e. The molecule has 0 spiro atoms. The molecule has 0 saturated carbocycles. The maximum atomic E-state index is 13.2. The van der Waals surface area contributed by atoms with Crippen molar-refractivity contribution in [1.82, 2.24) is 8.61 Å². The van der Waals surface area contributed by atoms with Crippen molar-refractivity contribution in [2.45, 2.75) is 42.8 Å². The Hall–Kier alpha value is -2.31. The Morgan fingerprint density at radius 1 is 1.00 bits per heavy atom. The van der Waals surface area contributed by atoms with Crippen LogP contribution in [0.1, 0.15) is 29.8 Å². The molecule has 1 N–H and O–H groups in total. The van der Waals surface area contributed by atoms with Gasteiger partial charge in [-0.1, -0.05) is 12.1 Å². The third-order valence-corrected chi connectivity index (χ3v) is 8.99. The summed E-state index contributed by atoms with van der Waals surface area (Å²) >= 11 is 0. The monoisotopic (exact) mass is 495 g/mol. The highest BCUT2D eigenvalue weighted by Gasteiger charge is 2.32. The minimum atomic E-state index is -3.81. The van der Waals surface area contributed by atoms with E-state index in [0.29, 0.717) is 11.3 Å². The molecule has 0 aromatic heterocycles. The van der Waals surface area contributed by atoms with E-state index in [4.69, 9.17) is 4.74 Å². The zero-order valence-electron chi connectivity index (χ0n) is 19.3. The van der Waals surface area contributed by atoms with Crippen LogP contribution in [0.2, 0.25) is 0 Å². The molecule has 1 aliphatic heterocycles. The smallest absolute Gasteiger partial charge is 0.255 e. The Bertz CT molecular complexity index is 1250. The summed E-state index contributed by atoms with van der Waals surface area (Å²) in [7, 11) is -4.64. The quantitative estimate of drug-likeness (QED) is 0.658. The fourth-order valence-corrected chi connectivity index (χ4v) is 6.14. The number of sulfonamides is 2. The number of morpholine rings is 1. The van der Waals surface area contributed by atoms with E-state index in [-0.39, 0.29) is 40.7 Å². The van der Waals surface area contributed by atoms with E-state index in [1.807, 2.05) is 13.8 Å². The van der Waals surface area contributed by atoms with Gasteiger partial charge < -0.3 is 10.1 Å². The number of anilines is 1. The second-order valence-corrected chi connectivity index (χ2v) is 12.4. The molecular formula is C22H29N3O6S2. The van der Waals surface area contributed by atoms with Gasteiger partial charge in [0.15, 0.2) is 0 Å². The summed E-state index contributed by atoms with van der Waals surface area (Å²) in [6.45, 7) is 5.83. The lowest BCUT2D eigenvalue weighted by molar-refractivity contribution is -0.0440. The van der Waals surface area contributed by atoms with Crippen molar-refractivity contribution in [2.75, 3.05) is 32.5 Å². The number of carbonyl (C=O) groups excluding carboxylic acids is 1. The molecule has 1 aliphatic rings. The number of hydrogen-bond donors (Lipinski definition) is 1. The molecule has 180 valence electrons. The van der Waals surface area contributed by atoms with Crippen LogP contribution >= 0.6 is 0 Å². The lowest BCUT2D eigenvalue weighted by Crippen LogP contribution is -2.48. The van der Waals surface area contributed by atoms with Gasteiger partial charge in [0.2, 0.25) is 20.0 Å². The van der Waals surface area contributed by atoms with Crippen molar-refractivity contribution in [2.24, 2.45) is 0 Å². The molecule has 1 heterocycles. The summed E-state index contributed by atoms with van der Waals surface area (Å²) in [5.41, 5.74) is 1.14. The average Bonchev–Trinajstić information content (AvgIpc) is 2.74. The Morgan fingerprint density at radius 3 is 2.24 bits per heavy atom. The Kier molecular flexibility index (Phi) is 7.30. The van der Waals surface area contributed by atoms with Crippen molar-refractivity contribution in [3.63, 3.8) is 0 Å². The van der Waals surface area contributed by atoms with Crippen LogP contribution in [0, 0.1) is 6.92 Å². The summed E-state index contributed by atoms with van der Waals surface area (Å²) < 4.78 is 59.2. The normalized spacial score (nSPS) is 20.1. The minimum absolute atomic E-state index is 0.0112. The summed E-state index contributed by atoms with van der Waals surface area (Å²) in [5.74, 6) is -0.543. The van der Waals surface area contributed by atoms with Crippen LogP contribution in [-0.4, -0.2) is 70.7 Å². The van der Waals surface area contributed by atoms with E-state index in [9.17, 15) is 21.6 Å². The molecule has 0 bridgehead atoms. The van der Waals surface area contributed by atoms with E-state index in [0.717, 1.165) is 4.31 Å². The number of carbonyl (C=O) groups is 1. The predicted molar refractivity (Wildman–Crippen MR) is 125 cm³/mol. The molecule has 0 unspecified atom stereocenters. The molecule has 1 fully saturated rings. The van der Waals surface area contributed by atoms with Crippen molar-refractivity contribution in [1.29, 1.82) is 0 Å². The highest BCUT2D eigenvalue weighted by atomic mass is 32.2. The van der Waals surface area contributed by atoms with Gasteiger partial charge in [-0.2, -0.15) is 4.31 Å². The molecule has 2 aromatic rings. The van der Waals surface area contributed by atoms with Gasteiger partial charge in [-0.05, 0) is 56.7 Å². The van der Waals surface area contributed by atoms with Crippen LogP contribution in [0.3, 0.4) is 0 Å². The van der Waals surface area contributed by atoms with Gasteiger partial charge in [-0.3, -0.25) is 4.79 Å². The number of aryl methyl sites for hydroxylation is 1. The first-order valence-corrected chi connectivity index (χ1v) is 13.3. The molecule has 11 heteroatoms. The third kappa shape index (κ3) is 5.44. The van der Waals surface area contributed by atoms with Crippen molar-refractivity contribution < 1.29 is 26.4 Å². The van der Waals surface area contributed by atoms with E-state index in [2.05, 4.69) is 5.32 Å². The molecule has 2 aromatic carbocycles. The molecule has 9 nitrogen and oxygen atoms in total. The highest BCUT2D eigenvalue weighted by molar-refractivity contribution is 7.89. The fourth-order valence-electron chi connectivity index (χ4n) is 3.58. The van der Waals surface area contributed by atoms with Crippen LogP contribution in [-0.2, 0) is 24.8 Å². The molecular weight excluding hydrogens is 466 g/mol. The number of hydrogen-bond acceptors (Lipinski definition) is 6. The van der Waals surface area contributed by atoms with Crippen LogP contribution < -0.4 is 5.32 Å². The summed E-state index contributed by atoms with van der Waals surface area (Å²) in [5, 5.41) is 2.70. The highest BCUT2D eigenvalue weighted by Crippen LogP contribution is 2.25. The van der Waals surface area contributed by atoms with E-state index >= 15 is 0 Å². The predicted octanol–water partition coefficient (Wildman–Crippen LogP) is 2.30. The molecule has 3 rings (SSSR count). The van der Waals surface area contributed by atoms with Crippen molar-refractivity contribution >= 4 is 31.6 Å². The summed E-state index contributed by atoms with van der Waals surface area (Å²) in [6.07, 6.45) is -0.465. The maximum absolute atomic E-state index is 13.2. The number of nitrogens with zero attached hydrogens (tertiary/aromatic N) is 2. The standard InChI is InChI=1S/C22H29N3O6S2/c1-15-9-10-20(32(27,28)24(4)5)12-21(15)23-22(26)18-7-6-8-19(11-18)33(29,30)25-13-16(2)31-17(3)14-25/h6-12,16-17H,13-14H2,1-5H3,(H,23,26)/t16-,17+. The molecule has 2 atom stereocenters. The first kappa shape index (κ1) is 25.3. The molecule has 33 heavy (non-hydrogen) atoms. The molecule has 1 amide bonds. The fraction of sp³-hybridized carbons (Fsp3) is 0.409. The van der Waals surface area contributed by atoms with E-state index in [1.165, 1.54) is 54.8 Å². The Balaban J connectivity index is 1.88. The maximum Gasteiger partial charge on any atom is 0.255 e. The SMILES string of the molecule is Cc1ccc(S(=O)(=O)N(C)C)cc1NC(=O)c1cccc(S(=O)(=O)N2C[C@@H](C)O[C@@H](C)C2)c1. The largest absolute Gasteiger partial charge is 0.373 e. The number of rotatable bonds is 6. The number of benzene rings is 2. The van der Waals surface area contributed by atoms with E-state index in [1.54, 1.807) is 13.0 Å². The third-order valence-electron chi connectivity index (χ3n) is 5.36. The molecule has 0 radical (unpaired) electrons. The first-order valence-electron chi connectivity index (χ1n) is 10.4. The van der Waals surface area contributed by atoms with Crippen LogP contribution in [0.4, 0.5) is 5.69 Å². The summed E-state index contributed by atoms with van der Waals surface area (Å²) in [6, 6.07) is 10.3. The molecule has 0 aliphatic carbocycles. The Morgan fingerprint density at radius 2 is 1.64 bits per heavy atom. The van der Waals surface area contributed by atoms with Crippen LogP contribution in [0.5, 0.6) is 0 Å². The number of amides is 1. The lowest BCUT2D eigenvalue weighted by atomic mass is 10.1. The second kappa shape index (κ2) is 9.51. The van der Waals surface area contributed by atoms with Gasteiger partial charge in [-0.25, -0.2) is 21.1 Å². The van der Waals surface area contributed by atoms with Gasteiger partial charge in [0.05, 0.1) is 22.0 Å². The average molecular weight is 496 g/mol. The van der Waals surface area contributed by atoms with Gasteiger partial charge in [0, 0.05) is 38.4 Å². The number of ether oxygens (including phenoxy) is 1. The zero-order valence-corrected chi connectivity index (χ0v) is 20.9. The zero-order chi connectivity index (χ0) is 24.6. The Labute approximate surface area is 195 Å². The van der Waals surface area contributed by atoms with Crippen molar-refractivity contribution in [3.8, 4) is 0 Å².